The van der Waals surface area contributed by atoms with Crippen molar-refractivity contribution in [2.24, 2.45) is 11.8 Å². The number of carbonyl (C=O) groups excluding carboxylic acids is 1. The van der Waals surface area contributed by atoms with E-state index < -0.39 is 0 Å². The molecule has 1 aliphatic carbocycles. The summed E-state index contributed by atoms with van der Waals surface area (Å²) in [5, 5.41) is 10.4. The predicted octanol–water partition coefficient (Wildman–Crippen LogP) is 4.06. The standard InChI is InChI=1S/C25H28ClNO5/c1-30-24(29)16-4-7-22-21(10-16)27(12-17-2-3-18(17)13-28)14-25(15-32-22)8-9-31-23-11-19(26)5-6-20(23)25/h4-7,10-11,17-18,28H,2-3,8-9,12-15H2,1H3/t17-,18-,25-/m0/s1. The van der Waals surface area contributed by atoms with Gasteiger partial charge in [0.15, 0.2) is 0 Å². The molecule has 5 rings (SSSR count). The molecule has 7 heteroatoms. The first-order valence-corrected chi connectivity index (χ1v) is 11.5. The second-order valence-corrected chi connectivity index (χ2v) is 9.58. The van der Waals surface area contributed by atoms with E-state index in [-0.39, 0.29) is 18.0 Å². The maximum Gasteiger partial charge on any atom is 0.337 e. The number of rotatable bonds is 4. The van der Waals surface area contributed by atoms with Crippen molar-refractivity contribution >= 4 is 23.3 Å². The molecule has 6 nitrogen and oxygen atoms in total. The number of fused-ring (bicyclic) bond motifs is 3. The van der Waals surface area contributed by atoms with Gasteiger partial charge in [-0.3, -0.25) is 0 Å². The number of anilines is 1. The number of benzene rings is 2. The van der Waals surface area contributed by atoms with Gasteiger partial charge in [-0.1, -0.05) is 17.7 Å². The van der Waals surface area contributed by atoms with Crippen LogP contribution < -0.4 is 14.4 Å². The molecule has 1 N–H and O–H groups in total. The molecule has 1 saturated carbocycles. The Morgan fingerprint density at radius 1 is 1.19 bits per heavy atom. The minimum atomic E-state index is -0.366. The second-order valence-electron chi connectivity index (χ2n) is 9.14. The van der Waals surface area contributed by atoms with Gasteiger partial charge in [0.1, 0.15) is 11.5 Å². The largest absolute Gasteiger partial charge is 0.493 e. The van der Waals surface area contributed by atoms with Crippen molar-refractivity contribution in [2.45, 2.75) is 24.7 Å². The Hall–Kier alpha value is -2.44. The average Bonchev–Trinajstić information content (AvgIpc) is 2.93. The molecule has 2 heterocycles. The second kappa shape index (κ2) is 8.49. The number of aliphatic hydroxyl groups is 1. The van der Waals surface area contributed by atoms with E-state index in [1.165, 1.54) is 7.11 Å². The Morgan fingerprint density at radius 2 is 2.03 bits per heavy atom. The Balaban J connectivity index is 1.56. The Morgan fingerprint density at radius 3 is 2.78 bits per heavy atom. The SMILES string of the molecule is COC(=O)c1ccc2c(c1)N(C[C@@H]1CC[C@H]1CO)C[C@@]1(CCOc3cc(Cl)ccc31)CO2. The van der Waals surface area contributed by atoms with E-state index in [0.29, 0.717) is 35.6 Å². The van der Waals surface area contributed by atoms with E-state index in [2.05, 4.69) is 4.90 Å². The van der Waals surface area contributed by atoms with Crippen LogP contribution in [0.15, 0.2) is 36.4 Å². The van der Waals surface area contributed by atoms with Crippen LogP contribution in [-0.2, 0) is 10.2 Å². The number of halogens is 1. The average molecular weight is 458 g/mol. The van der Waals surface area contributed by atoms with Gasteiger partial charge in [0.25, 0.3) is 0 Å². The first-order chi connectivity index (χ1) is 15.5. The van der Waals surface area contributed by atoms with Gasteiger partial charge < -0.3 is 24.2 Å². The van der Waals surface area contributed by atoms with Crippen molar-refractivity contribution in [2.75, 3.05) is 44.9 Å². The molecule has 2 aromatic carbocycles. The highest BCUT2D eigenvalue weighted by atomic mass is 35.5. The maximum atomic E-state index is 12.2. The Labute approximate surface area is 193 Å². The predicted molar refractivity (Wildman–Crippen MR) is 122 cm³/mol. The summed E-state index contributed by atoms with van der Waals surface area (Å²) in [5.41, 5.74) is 2.24. The van der Waals surface area contributed by atoms with Crippen LogP contribution in [0.3, 0.4) is 0 Å². The van der Waals surface area contributed by atoms with Gasteiger partial charge >= 0.3 is 5.97 Å². The normalized spacial score (nSPS) is 26.2. The smallest absolute Gasteiger partial charge is 0.337 e. The van der Waals surface area contributed by atoms with Crippen LogP contribution in [0.2, 0.25) is 5.02 Å². The monoisotopic (exact) mass is 457 g/mol. The van der Waals surface area contributed by atoms with Crippen molar-refractivity contribution in [1.29, 1.82) is 0 Å². The lowest BCUT2D eigenvalue weighted by Crippen LogP contribution is -2.49. The number of aliphatic hydroxyl groups excluding tert-OH is 1. The Kier molecular flexibility index (Phi) is 5.68. The molecule has 32 heavy (non-hydrogen) atoms. The molecule has 0 saturated heterocycles. The van der Waals surface area contributed by atoms with Gasteiger partial charge in [-0.2, -0.15) is 0 Å². The van der Waals surface area contributed by atoms with E-state index in [1.807, 2.05) is 30.3 Å². The van der Waals surface area contributed by atoms with Crippen LogP contribution in [0, 0.1) is 11.8 Å². The Bertz CT molecular complexity index is 1030. The fraction of sp³-hybridized carbons (Fsp3) is 0.480. The molecular weight excluding hydrogens is 430 g/mol. The van der Waals surface area contributed by atoms with Crippen molar-refractivity contribution in [3.8, 4) is 11.5 Å². The topological polar surface area (TPSA) is 68.2 Å². The third kappa shape index (κ3) is 3.69. The van der Waals surface area contributed by atoms with Crippen LogP contribution in [0.5, 0.6) is 11.5 Å². The number of hydrogen-bond donors (Lipinski definition) is 1. The summed E-state index contributed by atoms with van der Waals surface area (Å²) in [6, 6.07) is 11.3. The summed E-state index contributed by atoms with van der Waals surface area (Å²) in [4.78, 5) is 14.6. The first-order valence-electron chi connectivity index (χ1n) is 11.2. The maximum absolute atomic E-state index is 12.2. The lowest BCUT2D eigenvalue weighted by Gasteiger charge is -2.44. The fourth-order valence-corrected chi connectivity index (χ4v) is 5.43. The van der Waals surface area contributed by atoms with E-state index >= 15 is 0 Å². The molecule has 0 amide bonds. The van der Waals surface area contributed by atoms with E-state index in [0.717, 1.165) is 55.1 Å². The molecule has 1 spiro atoms. The van der Waals surface area contributed by atoms with Crippen LogP contribution in [0.4, 0.5) is 5.69 Å². The van der Waals surface area contributed by atoms with Crippen LogP contribution in [0.1, 0.15) is 35.2 Å². The van der Waals surface area contributed by atoms with Crippen LogP contribution in [0.25, 0.3) is 0 Å². The third-order valence-electron chi connectivity index (χ3n) is 7.34. The molecule has 0 radical (unpaired) electrons. The van der Waals surface area contributed by atoms with Gasteiger partial charge in [-0.05, 0) is 61.4 Å². The number of nitrogens with zero attached hydrogens (tertiary/aromatic N) is 1. The highest BCUT2D eigenvalue weighted by molar-refractivity contribution is 6.30. The van der Waals surface area contributed by atoms with Gasteiger partial charge in [0.05, 0.1) is 37.0 Å². The van der Waals surface area contributed by atoms with Crippen molar-refractivity contribution in [3.05, 3.63) is 52.5 Å². The highest BCUT2D eigenvalue weighted by Crippen LogP contribution is 2.46. The van der Waals surface area contributed by atoms with Crippen LogP contribution >= 0.6 is 11.6 Å². The summed E-state index contributed by atoms with van der Waals surface area (Å²) in [7, 11) is 1.39. The quantitative estimate of drug-likeness (QED) is 0.698. The van der Waals surface area contributed by atoms with Gasteiger partial charge in [-0.15, -0.1) is 0 Å². The molecule has 3 aliphatic rings. The van der Waals surface area contributed by atoms with Gasteiger partial charge in [0.2, 0.25) is 0 Å². The zero-order valence-electron chi connectivity index (χ0n) is 18.2. The molecule has 1 fully saturated rings. The molecule has 3 atom stereocenters. The lowest BCUT2D eigenvalue weighted by atomic mass is 9.72. The highest BCUT2D eigenvalue weighted by Gasteiger charge is 2.44. The minimum absolute atomic E-state index is 0.213. The number of carbonyl (C=O) groups is 1. The summed E-state index contributed by atoms with van der Waals surface area (Å²) < 4.78 is 17.3. The number of methoxy groups -OCH3 is 1. The summed E-state index contributed by atoms with van der Waals surface area (Å²) in [6.07, 6.45) is 2.97. The molecule has 2 aliphatic heterocycles. The summed E-state index contributed by atoms with van der Waals surface area (Å²) in [5.74, 6) is 1.94. The molecule has 170 valence electrons. The van der Waals surface area contributed by atoms with E-state index in [4.69, 9.17) is 25.8 Å². The zero-order valence-corrected chi connectivity index (χ0v) is 18.9. The number of esters is 1. The van der Waals surface area contributed by atoms with Crippen molar-refractivity contribution in [3.63, 3.8) is 0 Å². The van der Waals surface area contributed by atoms with Gasteiger partial charge in [-0.25, -0.2) is 4.79 Å². The number of ether oxygens (including phenoxy) is 3. The third-order valence-corrected chi connectivity index (χ3v) is 7.57. The zero-order chi connectivity index (χ0) is 22.3. The molecular formula is C25H28ClNO5. The van der Waals surface area contributed by atoms with Crippen molar-refractivity contribution < 1.29 is 24.1 Å². The van der Waals surface area contributed by atoms with Gasteiger partial charge in [0, 0.05) is 30.3 Å². The molecule has 0 unspecified atom stereocenters. The van der Waals surface area contributed by atoms with Crippen LogP contribution in [-0.4, -0.2) is 51.1 Å². The summed E-state index contributed by atoms with van der Waals surface area (Å²) in [6.45, 7) is 2.86. The first kappa shape index (κ1) is 21.4. The molecule has 0 bridgehead atoms. The van der Waals surface area contributed by atoms with E-state index in [1.54, 1.807) is 6.07 Å². The number of hydrogen-bond acceptors (Lipinski definition) is 6. The molecule has 2 aromatic rings. The van der Waals surface area contributed by atoms with E-state index in [9.17, 15) is 9.90 Å². The lowest BCUT2D eigenvalue weighted by molar-refractivity contribution is 0.0600. The van der Waals surface area contributed by atoms with Crippen molar-refractivity contribution in [1.82, 2.24) is 0 Å². The minimum Gasteiger partial charge on any atom is -0.493 e. The molecule has 0 aromatic heterocycles. The fourth-order valence-electron chi connectivity index (χ4n) is 5.27. The summed E-state index contributed by atoms with van der Waals surface area (Å²) >= 11 is 6.24.